The number of nitrogens with one attached hydrogen (secondary N) is 1. The standard InChI is InChI=1S/C12H14BrNOS2/c1-8-10(13)5-12(17-8)11(7-15)14-6-9-3-2-4-16-9/h2-5,11,14-15H,6-7H2,1H3. The lowest BCUT2D eigenvalue weighted by molar-refractivity contribution is 0.246. The van der Waals surface area contributed by atoms with E-state index in [1.807, 2.05) is 6.07 Å². The fourth-order valence-corrected chi connectivity index (χ4v) is 3.83. The van der Waals surface area contributed by atoms with Gasteiger partial charge in [-0.2, -0.15) is 0 Å². The first kappa shape index (κ1) is 13.2. The summed E-state index contributed by atoms with van der Waals surface area (Å²) in [5, 5.41) is 14.9. The largest absolute Gasteiger partial charge is 0.394 e. The van der Waals surface area contributed by atoms with Crippen molar-refractivity contribution < 1.29 is 5.11 Å². The zero-order valence-corrected chi connectivity index (χ0v) is 12.7. The highest BCUT2D eigenvalue weighted by Crippen LogP contribution is 2.30. The first-order chi connectivity index (χ1) is 8.20. The zero-order chi connectivity index (χ0) is 12.3. The number of aliphatic hydroxyl groups excluding tert-OH is 1. The van der Waals surface area contributed by atoms with Crippen LogP contribution in [0.15, 0.2) is 28.1 Å². The predicted octanol–water partition coefficient (Wildman–Crippen LogP) is 3.70. The summed E-state index contributed by atoms with van der Waals surface area (Å²) in [5.74, 6) is 0. The molecule has 17 heavy (non-hydrogen) atoms. The van der Waals surface area contributed by atoms with Crippen LogP contribution in [0.4, 0.5) is 0 Å². The Labute approximate surface area is 117 Å². The Morgan fingerprint density at radius 2 is 2.35 bits per heavy atom. The molecule has 1 unspecified atom stereocenters. The third-order valence-corrected chi connectivity index (χ3v) is 5.63. The monoisotopic (exact) mass is 331 g/mol. The molecule has 0 radical (unpaired) electrons. The van der Waals surface area contributed by atoms with Crippen molar-refractivity contribution in [3.63, 3.8) is 0 Å². The molecule has 0 amide bonds. The molecule has 2 heterocycles. The van der Waals surface area contributed by atoms with Crippen LogP contribution in [-0.2, 0) is 6.54 Å². The Hall–Kier alpha value is -0.200. The second-order valence-electron chi connectivity index (χ2n) is 3.75. The smallest absolute Gasteiger partial charge is 0.0653 e. The number of aliphatic hydroxyl groups is 1. The number of rotatable bonds is 5. The van der Waals surface area contributed by atoms with Gasteiger partial charge in [0, 0.05) is 25.6 Å². The molecule has 0 aliphatic rings. The lowest BCUT2D eigenvalue weighted by Gasteiger charge is -2.13. The molecule has 2 aromatic heterocycles. The summed E-state index contributed by atoms with van der Waals surface area (Å²) in [6.07, 6.45) is 0. The van der Waals surface area contributed by atoms with Crippen LogP contribution < -0.4 is 5.32 Å². The van der Waals surface area contributed by atoms with E-state index in [0.717, 1.165) is 11.0 Å². The maximum atomic E-state index is 9.44. The van der Waals surface area contributed by atoms with Crippen molar-refractivity contribution in [1.29, 1.82) is 0 Å². The van der Waals surface area contributed by atoms with Gasteiger partial charge in [0.25, 0.3) is 0 Å². The molecule has 0 aromatic carbocycles. The maximum Gasteiger partial charge on any atom is 0.0653 e. The van der Waals surface area contributed by atoms with Crippen LogP contribution >= 0.6 is 38.6 Å². The molecule has 2 N–H and O–H groups in total. The van der Waals surface area contributed by atoms with Crippen molar-refractivity contribution in [2.75, 3.05) is 6.61 Å². The van der Waals surface area contributed by atoms with Crippen LogP contribution in [0.2, 0.25) is 0 Å². The van der Waals surface area contributed by atoms with Crippen molar-refractivity contribution >= 4 is 38.6 Å². The number of thiophene rings is 2. The first-order valence-electron chi connectivity index (χ1n) is 5.33. The van der Waals surface area contributed by atoms with Crippen molar-refractivity contribution in [2.45, 2.75) is 19.5 Å². The van der Waals surface area contributed by atoms with Gasteiger partial charge >= 0.3 is 0 Å². The molecule has 2 aromatic rings. The lowest BCUT2D eigenvalue weighted by Crippen LogP contribution is -2.22. The number of halogens is 1. The molecule has 0 fully saturated rings. The van der Waals surface area contributed by atoms with E-state index in [4.69, 9.17) is 0 Å². The van der Waals surface area contributed by atoms with Gasteiger partial charge in [0.1, 0.15) is 0 Å². The van der Waals surface area contributed by atoms with Gasteiger partial charge in [-0.15, -0.1) is 22.7 Å². The summed E-state index contributed by atoms with van der Waals surface area (Å²) in [7, 11) is 0. The van der Waals surface area contributed by atoms with E-state index in [0.29, 0.717) is 0 Å². The lowest BCUT2D eigenvalue weighted by atomic mass is 10.2. The maximum absolute atomic E-state index is 9.44. The van der Waals surface area contributed by atoms with Gasteiger partial charge in [0.15, 0.2) is 0 Å². The van der Waals surface area contributed by atoms with E-state index in [1.54, 1.807) is 22.7 Å². The highest BCUT2D eigenvalue weighted by Gasteiger charge is 2.14. The Morgan fingerprint density at radius 1 is 1.53 bits per heavy atom. The van der Waals surface area contributed by atoms with Crippen LogP contribution in [-0.4, -0.2) is 11.7 Å². The summed E-state index contributed by atoms with van der Waals surface area (Å²) >= 11 is 6.95. The highest BCUT2D eigenvalue weighted by atomic mass is 79.9. The Kier molecular flexibility index (Phi) is 4.76. The molecule has 0 bridgehead atoms. The van der Waals surface area contributed by atoms with Gasteiger partial charge < -0.3 is 10.4 Å². The van der Waals surface area contributed by atoms with Crippen LogP contribution in [0.1, 0.15) is 20.7 Å². The third kappa shape index (κ3) is 3.39. The van der Waals surface area contributed by atoms with E-state index >= 15 is 0 Å². The van der Waals surface area contributed by atoms with E-state index < -0.39 is 0 Å². The zero-order valence-electron chi connectivity index (χ0n) is 9.44. The minimum absolute atomic E-state index is 0.0205. The fourth-order valence-electron chi connectivity index (χ4n) is 1.55. The molecule has 2 rings (SSSR count). The quantitative estimate of drug-likeness (QED) is 0.875. The van der Waals surface area contributed by atoms with Crippen molar-refractivity contribution in [3.8, 4) is 0 Å². The van der Waals surface area contributed by atoms with Crippen LogP contribution in [0, 0.1) is 6.92 Å². The fraction of sp³-hybridized carbons (Fsp3) is 0.333. The average Bonchev–Trinajstić information content (AvgIpc) is 2.91. The Morgan fingerprint density at radius 3 is 2.88 bits per heavy atom. The molecule has 2 nitrogen and oxygen atoms in total. The Bertz CT molecular complexity index is 447. The van der Waals surface area contributed by atoms with E-state index in [2.05, 4.69) is 45.7 Å². The molecular weight excluding hydrogens is 318 g/mol. The second-order valence-corrected chi connectivity index (χ2v) is 6.92. The molecule has 1 atom stereocenters. The Balaban J connectivity index is 2.01. The van der Waals surface area contributed by atoms with Gasteiger partial charge in [-0.3, -0.25) is 0 Å². The molecule has 0 aliphatic carbocycles. The van der Waals surface area contributed by atoms with Crippen LogP contribution in [0.5, 0.6) is 0 Å². The summed E-state index contributed by atoms with van der Waals surface area (Å²) in [5.41, 5.74) is 0. The van der Waals surface area contributed by atoms with E-state index in [1.165, 1.54) is 14.6 Å². The minimum Gasteiger partial charge on any atom is -0.394 e. The molecule has 0 saturated heterocycles. The molecule has 5 heteroatoms. The molecular formula is C12H14BrNOS2. The SMILES string of the molecule is Cc1sc(C(CO)NCc2cccs2)cc1Br. The number of aryl methyl sites for hydroxylation is 1. The molecule has 0 spiro atoms. The van der Waals surface area contributed by atoms with Crippen molar-refractivity contribution in [1.82, 2.24) is 5.32 Å². The minimum atomic E-state index is 0.0205. The van der Waals surface area contributed by atoms with E-state index in [-0.39, 0.29) is 12.6 Å². The van der Waals surface area contributed by atoms with Gasteiger partial charge in [0.2, 0.25) is 0 Å². The van der Waals surface area contributed by atoms with E-state index in [9.17, 15) is 5.11 Å². The summed E-state index contributed by atoms with van der Waals surface area (Å²) in [6, 6.07) is 6.25. The highest BCUT2D eigenvalue weighted by molar-refractivity contribution is 9.10. The summed E-state index contributed by atoms with van der Waals surface area (Å²) in [6.45, 7) is 3.00. The van der Waals surface area contributed by atoms with Crippen molar-refractivity contribution in [2.24, 2.45) is 0 Å². The van der Waals surface area contributed by atoms with Crippen LogP contribution in [0.25, 0.3) is 0 Å². The van der Waals surface area contributed by atoms with Gasteiger partial charge in [-0.1, -0.05) is 6.07 Å². The van der Waals surface area contributed by atoms with Gasteiger partial charge in [-0.05, 0) is 40.4 Å². The number of hydrogen-bond donors (Lipinski definition) is 2. The van der Waals surface area contributed by atoms with Gasteiger partial charge in [-0.25, -0.2) is 0 Å². The first-order valence-corrected chi connectivity index (χ1v) is 7.82. The topological polar surface area (TPSA) is 32.3 Å². The third-order valence-electron chi connectivity index (χ3n) is 2.51. The van der Waals surface area contributed by atoms with Crippen molar-refractivity contribution in [3.05, 3.63) is 42.7 Å². The summed E-state index contributed by atoms with van der Waals surface area (Å²) in [4.78, 5) is 3.71. The average molecular weight is 332 g/mol. The van der Waals surface area contributed by atoms with Gasteiger partial charge in [0.05, 0.1) is 12.6 Å². The molecule has 0 aliphatic heterocycles. The molecule has 0 saturated carbocycles. The normalized spacial score (nSPS) is 12.9. The predicted molar refractivity (Wildman–Crippen MR) is 77.7 cm³/mol. The summed E-state index contributed by atoms with van der Waals surface area (Å²) < 4.78 is 1.12. The number of hydrogen-bond acceptors (Lipinski definition) is 4. The van der Waals surface area contributed by atoms with Crippen LogP contribution in [0.3, 0.4) is 0 Å². The second kappa shape index (κ2) is 6.11. The molecule has 92 valence electrons.